The molecule has 0 amide bonds. The van der Waals surface area contributed by atoms with E-state index in [0.717, 1.165) is 28.3 Å². The number of halogens is 3. The highest BCUT2D eigenvalue weighted by Crippen LogP contribution is 2.33. The maximum Gasteiger partial charge on any atom is 0.137 e. The van der Waals surface area contributed by atoms with E-state index in [2.05, 4.69) is 10.3 Å². The largest absolute Gasteiger partial charge is 0.298 e. The van der Waals surface area contributed by atoms with Gasteiger partial charge in [0.1, 0.15) is 17.0 Å². The normalized spacial score (nSPS) is 11.3. The van der Waals surface area contributed by atoms with Gasteiger partial charge in [0.15, 0.2) is 0 Å². The van der Waals surface area contributed by atoms with Crippen LogP contribution in [0.1, 0.15) is 0 Å². The topological polar surface area (TPSA) is 48.0 Å². The van der Waals surface area contributed by atoms with Gasteiger partial charge in [-0.3, -0.25) is 4.40 Å². The fourth-order valence-electron chi connectivity index (χ4n) is 3.18. The van der Waals surface area contributed by atoms with Crippen molar-refractivity contribution in [2.45, 2.75) is 0 Å². The van der Waals surface area contributed by atoms with Crippen molar-refractivity contribution in [1.82, 2.24) is 24.4 Å². The smallest absolute Gasteiger partial charge is 0.137 e. The molecule has 0 atom stereocenters. The van der Waals surface area contributed by atoms with E-state index in [0.29, 0.717) is 20.8 Å². The van der Waals surface area contributed by atoms with Crippen molar-refractivity contribution in [2.75, 3.05) is 0 Å². The highest BCUT2D eigenvalue weighted by Gasteiger charge is 2.19. The summed E-state index contributed by atoms with van der Waals surface area (Å²) in [5.74, 6) is 0. The molecule has 0 bridgehead atoms. The maximum absolute atomic E-state index is 6.15. The van der Waals surface area contributed by atoms with Crippen molar-refractivity contribution in [2.24, 2.45) is 0 Å². The number of pyridine rings is 1. The van der Waals surface area contributed by atoms with Crippen molar-refractivity contribution in [3.05, 3.63) is 88.1 Å². The number of fused-ring (bicyclic) bond motifs is 1. The van der Waals surface area contributed by atoms with Crippen LogP contribution in [0.5, 0.6) is 0 Å². The Kier molecular flexibility index (Phi) is 4.51. The van der Waals surface area contributed by atoms with Gasteiger partial charge in [0.2, 0.25) is 0 Å². The Morgan fingerprint density at radius 1 is 0.828 bits per heavy atom. The van der Waals surface area contributed by atoms with Crippen molar-refractivity contribution in [1.29, 1.82) is 0 Å². The minimum Gasteiger partial charge on any atom is -0.298 e. The molecule has 0 unspecified atom stereocenters. The Labute approximate surface area is 181 Å². The molecule has 0 aliphatic rings. The molecule has 0 fully saturated rings. The molecule has 0 saturated heterocycles. The van der Waals surface area contributed by atoms with Gasteiger partial charge in [-0.2, -0.15) is 0 Å². The van der Waals surface area contributed by atoms with Crippen LogP contribution in [-0.2, 0) is 0 Å². The molecule has 5 nitrogen and oxygen atoms in total. The molecule has 0 radical (unpaired) electrons. The third-order valence-electron chi connectivity index (χ3n) is 4.55. The predicted octanol–water partition coefficient (Wildman–Crippen LogP) is 6.21. The van der Waals surface area contributed by atoms with Crippen molar-refractivity contribution < 1.29 is 0 Å². The lowest BCUT2D eigenvalue weighted by atomic mass is 10.1. The summed E-state index contributed by atoms with van der Waals surface area (Å²) >= 11 is 18.2. The summed E-state index contributed by atoms with van der Waals surface area (Å²) in [4.78, 5) is 4.80. The van der Waals surface area contributed by atoms with Crippen LogP contribution in [0.2, 0.25) is 15.1 Å². The van der Waals surface area contributed by atoms with E-state index >= 15 is 0 Å². The first kappa shape index (κ1) is 18.2. The summed E-state index contributed by atoms with van der Waals surface area (Å²) < 4.78 is 3.65. The first-order valence-corrected chi connectivity index (χ1v) is 9.85. The second-order valence-electron chi connectivity index (χ2n) is 6.39. The summed E-state index contributed by atoms with van der Waals surface area (Å²) in [5, 5.41) is 10.3. The fraction of sp³-hybridized carbons (Fsp3) is 0. The molecular formula is C21H12Cl3N5. The second kappa shape index (κ2) is 7.19. The Morgan fingerprint density at radius 2 is 1.66 bits per heavy atom. The van der Waals surface area contributed by atoms with Crippen LogP contribution in [-0.4, -0.2) is 24.4 Å². The number of hydrogen-bond donors (Lipinski definition) is 0. The zero-order valence-electron chi connectivity index (χ0n) is 14.8. The monoisotopic (exact) mass is 439 g/mol. The van der Waals surface area contributed by atoms with Gasteiger partial charge in [-0.25, -0.2) is 9.67 Å². The highest BCUT2D eigenvalue weighted by atomic mass is 35.5. The fourth-order valence-corrected chi connectivity index (χ4v) is 3.59. The van der Waals surface area contributed by atoms with Gasteiger partial charge >= 0.3 is 0 Å². The number of imidazole rings is 1. The van der Waals surface area contributed by atoms with E-state index in [1.807, 2.05) is 65.3 Å². The Bertz CT molecular complexity index is 1340. The quantitative estimate of drug-likeness (QED) is 0.335. The molecular weight excluding hydrogens is 429 g/mol. The van der Waals surface area contributed by atoms with Crippen molar-refractivity contribution >= 4 is 40.4 Å². The van der Waals surface area contributed by atoms with Crippen LogP contribution in [0.25, 0.3) is 34.0 Å². The van der Waals surface area contributed by atoms with Gasteiger partial charge < -0.3 is 0 Å². The molecule has 0 aliphatic carbocycles. The first-order chi connectivity index (χ1) is 14.1. The van der Waals surface area contributed by atoms with Gasteiger partial charge in [-0.15, -0.1) is 5.10 Å². The molecule has 3 heterocycles. The SMILES string of the molecule is Clc1ccc(-c2nc3ccccn3c2-c2cn(-c3ccc(Cl)c(Cl)c3)nn2)cc1. The molecule has 2 aromatic carbocycles. The summed E-state index contributed by atoms with van der Waals surface area (Å²) in [6, 6.07) is 18.7. The number of hydrogen-bond acceptors (Lipinski definition) is 3. The van der Waals surface area contributed by atoms with Crippen molar-refractivity contribution in [3.63, 3.8) is 0 Å². The number of aromatic nitrogens is 5. The van der Waals surface area contributed by atoms with Gasteiger partial charge in [-0.1, -0.05) is 58.2 Å². The molecule has 142 valence electrons. The van der Waals surface area contributed by atoms with E-state index < -0.39 is 0 Å². The highest BCUT2D eigenvalue weighted by molar-refractivity contribution is 6.42. The van der Waals surface area contributed by atoms with Crippen LogP contribution < -0.4 is 0 Å². The summed E-state index contributed by atoms with van der Waals surface area (Å²) in [5.41, 5.74) is 4.84. The van der Waals surface area contributed by atoms with E-state index in [9.17, 15) is 0 Å². The van der Waals surface area contributed by atoms with E-state index in [1.165, 1.54) is 0 Å². The van der Waals surface area contributed by atoms with Gasteiger partial charge in [0.05, 0.1) is 27.6 Å². The zero-order valence-corrected chi connectivity index (χ0v) is 17.1. The van der Waals surface area contributed by atoms with E-state index in [-0.39, 0.29) is 0 Å². The molecule has 3 aromatic heterocycles. The lowest BCUT2D eigenvalue weighted by Crippen LogP contribution is -1.94. The molecule has 0 spiro atoms. The summed E-state index contributed by atoms with van der Waals surface area (Å²) in [6.45, 7) is 0. The average molecular weight is 441 g/mol. The van der Waals surface area contributed by atoms with Gasteiger partial charge in [-0.05, 0) is 42.5 Å². The Balaban J connectivity index is 1.69. The third kappa shape index (κ3) is 3.27. The number of rotatable bonds is 3. The second-order valence-corrected chi connectivity index (χ2v) is 7.64. The Hall–Kier alpha value is -2.86. The molecule has 0 aliphatic heterocycles. The number of nitrogens with zero attached hydrogens (tertiary/aromatic N) is 5. The number of benzene rings is 2. The molecule has 29 heavy (non-hydrogen) atoms. The lowest BCUT2D eigenvalue weighted by Gasteiger charge is -2.03. The van der Waals surface area contributed by atoms with Crippen molar-refractivity contribution in [3.8, 4) is 28.3 Å². The zero-order chi connectivity index (χ0) is 20.0. The van der Waals surface area contributed by atoms with Crippen LogP contribution in [0.15, 0.2) is 73.1 Å². The molecule has 5 rings (SSSR count). The Morgan fingerprint density at radius 3 is 2.45 bits per heavy atom. The molecule has 8 heteroatoms. The van der Waals surface area contributed by atoms with Crippen LogP contribution in [0.4, 0.5) is 0 Å². The van der Waals surface area contributed by atoms with Crippen LogP contribution >= 0.6 is 34.8 Å². The lowest BCUT2D eigenvalue weighted by molar-refractivity contribution is 0.803. The van der Waals surface area contributed by atoms with E-state index in [1.54, 1.807) is 16.8 Å². The summed E-state index contributed by atoms with van der Waals surface area (Å²) in [7, 11) is 0. The predicted molar refractivity (Wildman–Crippen MR) is 116 cm³/mol. The first-order valence-electron chi connectivity index (χ1n) is 8.71. The summed E-state index contributed by atoms with van der Waals surface area (Å²) in [6.07, 6.45) is 3.80. The molecule has 0 saturated carbocycles. The minimum absolute atomic E-state index is 0.456. The maximum atomic E-state index is 6.15. The van der Waals surface area contributed by atoms with E-state index in [4.69, 9.17) is 39.8 Å². The molecule has 0 N–H and O–H groups in total. The average Bonchev–Trinajstić information content (AvgIpc) is 3.35. The standard InChI is InChI=1S/C21H12Cl3N5/c22-14-6-4-13(5-7-14)20-21(28-10-2-1-3-19(28)25-20)18-12-29(27-26-18)15-8-9-16(23)17(24)11-15/h1-12H. The molecule has 5 aromatic rings. The van der Waals surface area contributed by atoms with Gasteiger partial charge in [0.25, 0.3) is 0 Å². The third-order valence-corrected chi connectivity index (χ3v) is 5.54. The van der Waals surface area contributed by atoms with Gasteiger partial charge in [0, 0.05) is 16.8 Å². The van der Waals surface area contributed by atoms with Crippen LogP contribution in [0.3, 0.4) is 0 Å². The minimum atomic E-state index is 0.456. The van der Waals surface area contributed by atoms with Crippen LogP contribution in [0, 0.1) is 0 Å².